The molecule has 0 aliphatic rings. The molecule has 2 aromatic rings. The number of amides is 1. The molecule has 4 nitrogen and oxygen atoms in total. The summed E-state index contributed by atoms with van der Waals surface area (Å²) in [6.45, 7) is 3.31. The number of halogens is 1. The number of rotatable bonds is 3. The van der Waals surface area contributed by atoms with Crippen molar-refractivity contribution in [1.82, 2.24) is 4.98 Å². The first kappa shape index (κ1) is 14.0. The molecule has 2 rings (SSSR count). The van der Waals surface area contributed by atoms with Gasteiger partial charge in [-0.3, -0.25) is 4.79 Å². The maximum absolute atomic E-state index is 13.3. The molecular formula is C15H15FN2O2. The van der Waals surface area contributed by atoms with Crippen molar-refractivity contribution in [2.24, 2.45) is 0 Å². The van der Waals surface area contributed by atoms with Gasteiger partial charge in [-0.25, -0.2) is 9.37 Å². The summed E-state index contributed by atoms with van der Waals surface area (Å²) >= 11 is 0. The van der Waals surface area contributed by atoms with Crippen LogP contribution in [0.25, 0.3) is 11.1 Å². The fraction of sp³-hybridized carbons (Fsp3) is 0.200. The van der Waals surface area contributed by atoms with E-state index in [1.54, 1.807) is 18.3 Å². The molecule has 0 aliphatic heterocycles. The lowest BCUT2D eigenvalue weighted by atomic mass is 10.0. The molecule has 0 unspecified atom stereocenters. The van der Waals surface area contributed by atoms with Crippen molar-refractivity contribution in [3.63, 3.8) is 0 Å². The number of carbonyl (C=O) groups excluding carboxylic acids is 1. The first-order chi connectivity index (χ1) is 9.51. The zero-order valence-electron chi connectivity index (χ0n) is 11.5. The molecule has 1 aromatic heterocycles. The van der Waals surface area contributed by atoms with Gasteiger partial charge in [-0.05, 0) is 36.2 Å². The lowest BCUT2D eigenvalue weighted by Gasteiger charge is -2.12. The molecule has 0 radical (unpaired) electrons. The van der Waals surface area contributed by atoms with Gasteiger partial charge >= 0.3 is 0 Å². The number of hydrogen-bond acceptors (Lipinski definition) is 3. The van der Waals surface area contributed by atoms with Gasteiger partial charge in [-0.15, -0.1) is 0 Å². The molecule has 1 heterocycles. The molecule has 5 heteroatoms. The number of nitrogens with zero attached hydrogens (tertiary/aromatic N) is 1. The Morgan fingerprint density at radius 3 is 2.70 bits per heavy atom. The number of pyridine rings is 1. The third kappa shape index (κ3) is 2.93. The van der Waals surface area contributed by atoms with Gasteiger partial charge in [0.1, 0.15) is 17.4 Å². The summed E-state index contributed by atoms with van der Waals surface area (Å²) in [5, 5.41) is 2.63. The predicted octanol–water partition coefficient (Wildman–Crippen LogP) is 3.16. The number of benzene rings is 1. The normalized spacial score (nSPS) is 10.2. The molecular weight excluding hydrogens is 259 g/mol. The van der Waals surface area contributed by atoms with E-state index in [1.165, 1.54) is 26.2 Å². The first-order valence-corrected chi connectivity index (χ1v) is 6.09. The topological polar surface area (TPSA) is 51.2 Å². The smallest absolute Gasteiger partial charge is 0.222 e. The molecule has 0 saturated carbocycles. The SMILES string of the molecule is COc1cc(F)ccc1-c1cc(NC(C)=O)ncc1C. The Hall–Kier alpha value is -2.43. The van der Waals surface area contributed by atoms with E-state index in [-0.39, 0.29) is 11.7 Å². The number of carbonyl (C=O) groups is 1. The van der Waals surface area contributed by atoms with Gasteiger partial charge in [0.05, 0.1) is 7.11 Å². The average Bonchev–Trinajstić information content (AvgIpc) is 2.40. The molecule has 104 valence electrons. The van der Waals surface area contributed by atoms with Gasteiger partial charge in [-0.1, -0.05) is 0 Å². The zero-order valence-corrected chi connectivity index (χ0v) is 11.5. The van der Waals surface area contributed by atoms with Crippen LogP contribution in [0.2, 0.25) is 0 Å². The summed E-state index contributed by atoms with van der Waals surface area (Å²) in [6.07, 6.45) is 1.66. The van der Waals surface area contributed by atoms with Crippen LogP contribution < -0.4 is 10.1 Å². The van der Waals surface area contributed by atoms with Crippen molar-refractivity contribution >= 4 is 11.7 Å². The molecule has 0 fully saturated rings. The Morgan fingerprint density at radius 2 is 2.05 bits per heavy atom. The minimum absolute atomic E-state index is 0.196. The third-order valence-electron chi connectivity index (χ3n) is 2.86. The van der Waals surface area contributed by atoms with Crippen molar-refractivity contribution < 1.29 is 13.9 Å². The highest BCUT2D eigenvalue weighted by molar-refractivity contribution is 5.88. The quantitative estimate of drug-likeness (QED) is 0.935. The summed E-state index contributed by atoms with van der Waals surface area (Å²) in [5.41, 5.74) is 2.49. The molecule has 0 spiro atoms. The minimum atomic E-state index is -0.362. The van der Waals surface area contributed by atoms with Crippen LogP contribution in [0.5, 0.6) is 5.75 Å². The Morgan fingerprint density at radius 1 is 1.30 bits per heavy atom. The molecule has 20 heavy (non-hydrogen) atoms. The largest absolute Gasteiger partial charge is 0.496 e. The molecule has 0 aliphatic carbocycles. The van der Waals surface area contributed by atoms with E-state index < -0.39 is 0 Å². The van der Waals surface area contributed by atoms with Gasteiger partial charge < -0.3 is 10.1 Å². The molecule has 0 bridgehead atoms. The highest BCUT2D eigenvalue weighted by Crippen LogP contribution is 2.33. The van der Waals surface area contributed by atoms with Crippen LogP contribution in [0, 0.1) is 12.7 Å². The van der Waals surface area contributed by atoms with Crippen LogP contribution in [-0.2, 0) is 4.79 Å². The Labute approximate surface area is 116 Å². The summed E-state index contributed by atoms with van der Waals surface area (Å²) < 4.78 is 18.5. The Bertz CT molecular complexity index is 656. The van der Waals surface area contributed by atoms with E-state index in [0.29, 0.717) is 11.6 Å². The van der Waals surface area contributed by atoms with Crippen LogP contribution >= 0.6 is 0 Å². The van der Waals surface area contributed by atoms with E-state index in [9.17, 15) is 9.18 Å². The highest BCUT2D eigenvalue weighted by Gasteiger charge is 2.11. The van der Waals surface area contributed by atoms with Crippen molar-refractivity contribution in [2.75, 3.05) is 12.4 Å². The number of aryl methyl sites for hydroxylation is 1. The zero-order chi connectivity index (χ0) is 14.7. The molecule has 1 amide bonds. The first-order valence-electron chi connectivity index (χ1n) is 6.09. The average molecular weight is 274 g/mol. The second-order valence-electron chi connectivity index (χ2n) is 4.41. The fourth-order valence-corrected chi connectivity index (χ4v) is 1.95. The number of ether oxygens (including phenoxy) is 1. The van der Waals surface area contributed by atoms with Crippen molar-refractivity contribution in [2.45, 2.75) is 13.8 Å². The highest BCUT2D eigenvalue weighted by atomic mass is 19.1. The van der Waals surface area contributed by atoms with E-state index in [1.807, 2.05) is 6.92 Å². The maximum Gasteiger partial charge on any atom is 0.222 e. The Kier molecular flexibility index (Phi) is 3.98. The van der Waals surface area contributed by atoms with Crippen LogP contribution in [-0.4, -0.2) is 18.0 Å². The van der Waals surface area contributed by atoms with E-state index >= 15 is 0 Å². The second-order valence-corrected chi connectivity index (χ2v) is 4.41. The van der Waals surface area contributed by atoms with E-state index in [4.69, 9.17) is 4.74 Å². The minimum Gasteiger partial charge on any atom is -0.496 e. The van der Waals surface area contributed by atoms with Gasteiger partial charge in [0.15, 0.2) is 0 Å². The van der Waals surface area contributed by atoms with Gasteiger partial charge in [-0.2, -0.15) is 0 Å². The van der Waals surface area contributed by atoms with Gasteiger partial charge in [0.2, 0.25) is 5.91 Å². The van der Waals surface area contributed by atoms with Crippen LogP contribution in [0.1, 0.15) is 12.5 Å². The lowest BCUT2D eigenvalue weighted by Crippen LogP contribution is -2.07. The predicted molar refractivity (Wildman–Crippen MR) is 75.2 cm³/mol. The van der Waals surface area contributed by atoms with Crippen LogP contribution in [0.4, 0.5) is 10.2 Å². The summed E-state index contributed by atoms with van der Waals surface area (Å²) in [7, 11) is 1.49. The molecule has 1 aromatic carbocycles. The molecule has 0 atom stereocenters. The number of hydrogen-bond donors (Lipinski definition) is 1. The third-order valence-corrected chi connectivity index (χ3v) is 2.86. The summed E-state index contributed by atoms with van der Waals surface area (Å²) in [5.74, 6) is 0.329. The molecule has 0 saturated heterocycles. The maximum atomic E-state index is 13.3. The Balaban J connectivity index is 2.54. The number of anilines is 1. The fourth-order valence-electron chi connectivity index (χ4n) is 1.95. The van der Waals surface area contributed by atoms with E-state index in [2.05, 4.69) is 10.3 Å². The van der Waals surface area contributed by atoms with E-state index in [0.717, 1.165) is 16.7 Å². The summed E-state index contributed by atoms with van der Waals surface area (Å²) in [4.78, 5) is 15.2. The van der Waals surface area contributed by atoms with Gasteiger partial charge in [0.25, 0.3) is 0 Å². The number of methoxy groups -OCH3 is 1. The lowest BCUT2D eigenvalue weighted by molar-refractivity contribution is -0.114. The van der Waals surface area contributed by atoms with Crippen molar-refractivity contribution in [3.05, 3.63) is 41.8 Å². The standard InChI is InChI=1S/C15H15FN2O2/c1-9-8-17-15(18-10(2)19)7-13(9)12-5-4-11(16)6-14(12)20-3/h4-8H,1-3H3,(H,17,18,19). The van der Waals surface area contributed by atoms with Crippen molar-refractivity contribution in [3.8, 4) is 16.9 Å². The number of aromatic nitrogens is 1. The monoisotopic (exact) mass is 274 g/mol. The van der Waals surface area contributed by atoms with Crippen LogP contribution in [0.3, 0.4) is 0 Å². The van der Waals surface area contributed by atoms with Gasteiger partial charge in [0, 0.05) is 24.8 Å². The second kappa shape index (κ2) is 5.69. The molecule has 1 N–H and O–H groups in total. The van der Waals surface area contributed by atoms with Crippen molar-refractivity contribution in [1.29, 1.82) is 0 Å². The summed E-state index contributed by atoms with van der Waals surface area (Å²) in [6, 6.07) is 6.09. The number of nitrogens with one attached hydrogen (secondary N) is 1. The van der Waals surface area contributed by atoms with Crippen LogP contribution in [0.15, 0.2) is 30.5 Å².